The molecule has 0 atom stereocenters. The molecular weight excluding hydrogens is 296 g/mol. The van der Waals surface area contributed by atoms with Crippen molar-refractivity contribution in [2.75, 3.05) is 19.5 Å². The van der Waals surface area contributed by atoms with E-state index in [1.807, 2.05) is 18.2 Å². The first-order valence-corrected chi connectivity index (χ1v) is 7.77. The Bertz CT molecular complexity index is 593. The van der Waals surface area contributed by atoms with Gasteiger partial charge in [-0.05, 0) is 32.0 Å². The molecule has 20 heavy (non-hydrogen) atoms. The van der Waals surface area contributed by atoms with Crippen LogP contribution in [0.3, 0.4) is 0 Å². The minimum Gasteiger partial charge on any atom is -0.390 e. The van der Waals surface area contributed by atoms with E-state index in [0.29, 0.717) is 17.4 Å². The molecule has 1 aromatic carbocycles. The van der Waals surface area contributed by atoms with Crippen molar-refractivity contribution in [2.24, 2.45) is 0 Å². The molecule has 2 aromatic rings. The second-order valence-electron chi connectivity index (χ2n) is 5.27. The number of ether oxygens (including phenoxy) is 1. The molecule has 0 saturated heterocycles. The summed E-state index contributed by atoms with van der Waals surface area (Å²) in [4.78, 5) is 4.60. The van der Waals surface area contributed by atoms with Crippen LogP contribution in [0, 0.1) is 0 Å². The average Bonchev–Trinajstić information content (AvgIpc) is 2.70. The lowest BCUT2D eigenvalue weighted by molar-refractivity contribution is 0.107. The highest BCUT2D eigenvalue weighted by molar-refractivity contribution is 7.99. The lowest BCUT2D eigenvalue weighted by Crippen LogP contribution is -2.22. The number of imidazole rings is 1. The van der Waals surface area contributed by atoms with Gasteiger partial charge in [-0.3, -0.25) is 0 Å². The number of thioether (sulfide) groups is 1. The molecule has 0 fully saturated rings. The second-order valence-corrected chi connectivity index (χ2v) is 6.65. The molecule has 110 valence electrons. The number of methoxy groups -OCH3 is 1. The standard InChI is InChI=1S/C14H19ClN2O2S/c1-14(2,18)9-20-13-16-11-8-10(15)4-5-12(11)17(13)6-7-19-3/h4-5,8,18H,6-7,9H2,1-3H3. The van der Waals surface area contributed by atoms with Gasteiger partial charge in [0.15, 0.2) is 5.16 Å². The van der Waals surface area contributed by atoms with Crippen molar-refractivity contribution in [3.8, 4) is 0 Å². The monoisotopic (exact) mass is 314 g/mol. The first kappa shape index (κ1) is 15.6. The summed E-state index contributed by atoms with van der Waals surface area (Å²) < 4.78 is 7.26. The molecule has 0 radical (unpaired) electrons. The first-order valence-electron chi connectivity index (χ1n) is 6.40. The Labute approximate surface area is 128 Å². The van der Waals surface area contributed by atoms with Crippen molar-refractivity contribution in [1.29, 1.82) is 0 Å². The maximum atomic E-state index is 9.86. The Morgan fingerprint density at radius 2 is 2.20 bits per heavy atom. The molecule has 0 unspecified atom stereocenters. The third-order valence-electron chi connectivity index (χ3n) is 2.75. The Kier molecular flexibility index (Phi) is 4.96. The van der Waals surface area contributed by atoms with Crippen molar-refractivity contribution in [3.05, 3.63) is 23.2 Å². The van der Waals surface area contributed by atoms with E-state index in [9.17, 15) is 5.11 Å². The third-order valence-corrected chi connectivity index (χ3v) is 4.40. The normalized spacial score (nSPS) is 12.2. The van der Waals surface area contributed by atoms with Gasteiger partial charge in [0, 0.05) is 24.4 Å². The molecule has 1 N–H and O–H groups in total. The number of halogens is 1. The second kappa shape index (κ2) is 6.35. The third kappa shape index (κ3) is 3.88. The van der Waals surface area contributed by atoms with Crippen molar-refractivity contribution in [2.45, 2.75) is 31.1 Å². The summed E-state index contributed by atoms with van der Waals surface area (Å²) in [5.41, 5.74) is 1.17. The fourth-order valence-electron chi connectivity index (χ4n) is 1.83. The van der Waals surface area contributed by atoms with Crippen LogP contribution in [0.5, 0.6) is 0 Å². The lowest BCUT2D eigenvalue weighted by atomic mass is 10.2. The van der Waals surface area contributed by atoms with Crippen LogP contribution in [-0.2, 0) is 11.3 Å². The highest BCUT2D eigenvalue weighted by Crippen LogP contribution is 2.28. The van der Waals surface area contributed by atoms with Gasteiger partial charge in [0.2, 0.25) is 0 Å². The van der Waals surface area contributed by atoms with Gasteiger partial charge in [0.05, 0.1) is 23.2 Å². The summed E-state index contributed by atoms with van der Waals surface area (Å²) in [6.45, 7) is 4.92. The Morgan fingerprint density at radius 3 is 2.85 bits per heavy atom. The molecule has 0 saturated carbocycles. The highest BCUT2D eigenvalue weighted by Gasteiger charge is 2.17. The van der Waals surface area contributed by atoms with Crippen LogP contribution in [0.15, 0.2) is 23.4 Å². The van der Waals surface area contributed by atoms with E-state index in [1.54, 1.807) is 21.0 Å². The summed E-state index contributed by atoms with van der Waals surface area (Å²) >= 11 is 7.55. The van der Waals surface area contributed by atoms with Gasteiger partial charge >= 0.3 is 0 Å². The fraction of sp³-hybridized carbons (Fsp3) is 0.500. The van der Waals surface area contributed by atoms with Crippen LogP contribution in [-0.4, -0.2) is 39.7 Å². The molecule has 0 amide bonds. The summed E-state index contributed by atoms with van der Waals surface area (Å²) in [7, 11) is 1.68. The SMILES string of the molecule is COCCn1c(SCC(C)(C)O)nc2cc(Cl)ccc21. The Hall–Kier alpha value is -0.750. The number of rotatable bonds is 6. The summed E-state index contributed by atoms with van der Waals surface area (Å²) in [5.74, 6) is 0.580. The van der Waals surface area contributed by atoms with Crippen LogP contribution >= 0.6 is 23.4 Å². The van der Waals surface area contributed by atoms with Gasteiger partial charge in [0.25, 0.3) is 0 Å². The van der Waals surface area contributed by atoms with Crippen LogP contribution in [0.25, 0.3) is 11.0 Å². The van der Waals surface area contributed by atoms with E-state index in [-0.39, 0.29) is 0 Å². The van der Waals surface area contributed by atoms with Crippen molar-refractivity contribution in [3.63, 3.8) is 0 Å². The van der Waals surface area contributed by atoms with Crippen LogP contribution < -0.4 is 0 Å². The molecule has 0 aliphatic carbocycles. The minimum absolute atomic E-state index is 0.580. The largest absolute Gasteiger partial charge is 0.390 e. The fourth-order valence-corrected chi connectivity index (χ4v) is 2.99. The van der Waals surface area contributed by atoms with Crippen molar-refractivity contribution < 1.29 is 9.84 Å². The molecule has 1 aromatic heterocycles. The maximum absolute atomic E-state index is 9.86. The topological polar surface area (TPSA) is 47.3 Å². The predicted octanol–water partition coefficient (Wildman–Crippen LogP) is 3.20. The molecule has 0 aliphatic rings. The van der Waals surface area contributed by atoms with Crippen molar-refractivity contribution in [1.82, 2.24) is 9.55 Å². The molecule has 4 nitrogen and oxygen atoms in total. The van der Waals surface area contributed by atoms with E-state index in [4.69, 9.17) is 16.3 Å². The number of aromatic nitrogens is 2. The highest BCUT2D eigenvalue weighted by atomic mass is 35.5. The zero-order chi connectivity index (χ0) is 14.8. The van der Waals surface area contributed by atoms with Gasteiger partial charge < -0.3 is 14.4 Å². The number of nitrogens with zero attached hydrogens (tertiary/aromatic N) is 2. The Balaban J connectivity index is 2.35. The van der Waals surface area contributed by atoms with E-state index in [1.165, 1.54) is 11.8 Å². The maximum Gasteiger partial charge on any atom is 0.169 e. The number of benzene rings is 1. The zero-order valence-electron chi connectivity index (χ0n) is 11.9. The predicted molar refractivity (Wildman–Crippen MR) is 83.6 cm³/mol. The number of fused-ring (bicyclic) bond motifs is 1. The number of hydrogen-bond donors (Lipinski definition) is 1. The van der Waals surface area contributed by atoms with Crippen LogP contribution in [0.4, 0.5) is 0 Å². The van der Waals surface area contributed by atoms with Crippen LogP contribution in [0.2, 0.25) is 5.02 Å². The van der Waals surface area contributed by atoms with Gasteiger partial charge in [-0.2, -0.15) is 0 Å². The summed E-state index contributed by atoms with van der Waals surface area (Å²) in [6.07, 6.45) is 0. The molecule has 0 aliphatic heterocycles. The van der Waals surface area contributed by atoms with Crippen LogP contribution in [0.1, 0.15) is 13.8 Å². The first-order chi connectivity index (χ1) is 9.40. The van der Waals surface area contributed by atoms with Gasteiger partial charge in [-0.1, -0.05) is 23.4 Å². The van der Waals surface area contributed by atoms with Gasteiger partial charge in [0.1, 0.15) is 0 Å². The number of hydrogen-bond acceptors (Lipinski definition) is 4. The summed E-state index contributed by atoms with van der Waals surface area (Å²) in [5, 5.41) is 11.4. The van der Waals surface area contributed by atoms with Gasteiger partial charge in [-0.15, -0.1) is 0 Å². The molecule has 0 spiro atoms. The average molecular weight is 315 g/mol. The summed E-state index contributed by atoms with van der Waals surface area (Å²) in [6, 6.07) is 5.68. The minimum atomic E-state index is -0.730. The lowest BCUT2D eigenvalue weighted by Gasteiger charge is -2.16. The quantitative estimate of drug-likeness (QED) is 0.832. The molecule has 6 heteroatoms. The molecular formula is C14H19ClN2O2S. The van der Waals surface area contributed by atoms with Crippen molar-refractivity contribution >= 4 is 34.4 Å². The molecule has 2 rings (SSSR count). The van der Waals surface area contributed by atoms with E-state index < -0.39 is 5.60 Å². The van der Waals surface area contributed by atoms with E-state index >= 15 is 0 Å². The zero-order valence-corrected chi connectivity index (χ0v) is 13.5. The molecule has 0 bridgehead atoms. The van der Waals surface area contributed by atoms with E-state index in [2.05, 4.69) is 9.55 Å². The van der Waals surface area contributed by atoms with Gasteiger partial charge in [-0.25, -0.2) is 4.98 Å². The number of aliphatic hydroxyl groups is 1. The smallest absolute Gasteiger partial charge is 0.169 e. The van der Waals surface area contributed by atoms with E-state index in [0.717, 1.165) is 22.7 Å². The molecule has 1 heterocycles. The Morgan fingerprint density at radius 1 is 1.45 bits per heavy atom.